The van der Waals surface area contributed by atoms with Crippen LogP contribution in [-0.4, -0.2) is 0 Å². The Bertz CT molecular complexity index is 224. The van der Waals surface area contributed by atoms with E-state index in [1.165, 1.54) is 5.56 Å². The van der Waals surface area contributed by atoms with Gasteiger partial charge >= 0.3 is 0 Å². The standard InChI is InChI=1S/C8H6Br2/c9-6-5-7-1-3-8(10)4-2-7/h1-6H/b6-5+. The zero-order chi connectivity index (χ0) is 7.40. The molecule has 0 saturated carbocycles. The lowest BCUT2D eigenvalue weighted by Crippen LogP contribution is -1.68. The Morgan fingerprint density at radius 1 is 1.10 bits per heavy atom. The molecule has 0 atom stereocenters. The van der Waals surface area contributed by atoms with Crippen LogP contribution in [-0.2, 0) is 0 Å². The van der Waals surface area contributed by atoms with E-state index < -0.39 is 0 Å². The van der Waals surface area contributed by atoms with Gasteiger partial charge in [0, 0.05) is 4.47 Å². The first kappa shape index (κ1) is 8.02. The molecule has 0 nitrogen and oxygen atoms in total. The van der Waals surface area contributed by atoms with Gasteiger partial charge in [0.05, 0.1) is 0 Å². The maximum atomic E-state index is 3.36. The molecule has 0 heterocycles. The fourth-order valence-corrected chi connectivity index (χ4v) is 1.22. The summed E-state index contributed by atoms with van der Waals surface area (Å²) >= 11 is 6.57. The first-order valence-electron chi connectivity index (χ1n) is 2.85. The summed E-state index contributed by atoms with van der Waals surface area (Å²) in [7, 11) is 0. The monoisotopic (exact) mass is 260 g/mol. The molecule has 0 saturated heterocycles. The lowest BCUT2D eigenvalue weighted by atomic mass is 10.2. The molecule has 1 aromatic rings. The second-order valence-corrected chi connectivity index (χ2v) is 3.29. The van der Waals surface area contributed by atoms with Crippen molar-refractivity contribution in [2.45, 2.75) is 0 Å². The molecule has 0 fully saturated rings. The number of hydrogen-bond acceptors (Lipinski definition) is 0. The largest absolute Gasteiger partial charge is 0.0595 e. The van der Waals surface area contributed by atoms with Gasteiger partial charge in [-0.3, -0.25) is 0 Å². The summed E-state index contributed by atoms with van der Waals surface area (Å²) in [5, 5.41) is 0. The van der Waals surface area contributed by atoms with Gasteiger partial charge in [-0.05, 0) is 28.8 Å². The first-order chi connectivity index (χ1) is 4.83. The van der Waals surface area contributed by atoms with E-state index >= 15 is 0 Å². The minimum Gasteiger partial charge on any atom is -0.0595 e. The molecule has 0 radical (unpaired) electrons. The van der Waals surface area contributed by atoms with E-state index in [2.05, 4.69) is 31.9 Å². The summed E-state index contributed by atoms with van der Waals surface area (Å²) in [6.07, 6.45) is 1.99. The van der Waals surface area contributed by atoms with Crippen molar-refractivity contribution in [3.8, 4) is 0 Å². The summed E-state index contributed by atoms with van der Waals surface area (Å²) in [4.78, 5) is 1.84. The predicted molar refractivity (Wildman–Crippen MR) is 52.1 cm³/mol. The van der Waals surface area contributed by atoms with E-state index in [1.54, 1.807) is 0 Å². The van der Waals surface area contributed by atoms with Gasteiger partial charge in [-0.25, -0.2) is 0 Å². The van der Waals surface area contributed by atoms with Crippen LogP contribution in [0.25, 0.3) is 6.08 Å². The number of rotatable bonds is 1. The lowest BCUT2D eigenvalue weighted by molar-refractivity contribution is 1.62. The first-order valence-corrected chi connectivity index (χ1v) is 4.56. The second-order valence-electron chi connectivity index (χ2n) is 1.84. The Morgan fingerprint density at radius 3 is 2.20 bits per heavy atom. The van der Waals surface area contributed by atoms with Crippen molar-refractivity contribution < 1.29 is 0 Å². The zero-order valence-corrected chi connectivity index (χ0v) is 8.39. The molecule has 0 spiro atoms. The summed E-state index contributed by atoms with van der Waals surface area (Å²) < 4.78 is 1.11. The van der Waals surface area contributed by atoms with Crippen molar-refractivity contribution in [2.24, 2.45) is 0 Å². The van der Waals surface area contributed by atoms with Gasteiger partial charge in [-0.15, -0.1) is 0 Å². The summed E-state index contributed by atoms with van der Waals surface area (Å²) in [5.41, 5.74) is 1.19. The van der Waals surface area contributed by atoms with Crippen LogP contribution in [0.2, 0.25) is 0 Å². The topological polar surface area (TPSA) is 0 Å². The number of hydrogen-bond donors (Lipinski definition) is 0. The van der Waals surface area contributed by atoms with Crippen molar-refractivity contribution in [1.29, 1.82) is 0 Å². The Balaban J connectivity index is 2.89. The average Bonchev–Trinajstić information content (AvgIpc) is 1.95. The summed E-state index contributed by atoms with van der Waals surface area (Å²) in [6, 6.07) is 8.12. The van der Waals surface area contributed by atoms with Gasteiger partial charge in [-0.1, -0.05) is 44.0 Å². The molecule has 0 amide bonds. The fraction of sp³-hybridized carbons (Fsp3) is 0. The molecule has 10 heavy (non-hydrogen) atoms. The lowest BCUT2D eigenvalue weighted by Gasteiger charge is -1.90. The Kier molecular flexibility index (Phi) is 3.16. The van der Waals surface area contributed by atoms with Crippen molar-refractivity contribution in [1.82, 2.24) is 0 Å². The molecule has 0 N–H and O–H groups in total. The van der Waals surface area contributed by atoms with E-state index in [1.807, 2.05) is 35.3 Å². The van der Waals surface area contributed by atoms with E-state index in [-0.39, 0.29) is 0 Å². The minimum atomic E-state index is 1.11. The van der Waals surface area contributed by atoms with Crippen LogP contribution in [0.4, 0.5) is 0 Å². The predicted octanol–water partition coefficient (Wildman–Crippen LogP) is 3.81. The van der Waals surface area contributed by atoms with Crippen LogP contribution in [0, 0.1) is 0 Å². The highest BCUT2D eigenvalue weighted by Crippen LogP contribution is 2.11. The highest BCUT2D eigenvalue weighted by Gasteiger charge is 1.84. The third-order valence-electron chi connectivity index (χ3n) is 1.13. The highest BCUT2D eigenvalue weighted by molar-refractivity contribution is 9.11. The molecule has 2 heteroatoms. The minimum absolute atomic E-state index is 1.11. The van der Waals surface area contributed by atoms with Crippen LogP contribution >= 0.6 is 31.9 Å². The molecule has 0 unspecified atom stereocenters. The van der Waals surface area contributed by atoms with Gasteiger partial charge in [0.15, 0.2) is 0 Å². The van der Waals surface area contributed by atoms with Crippen LogP contribution in [0.5, 0.6) is 0 Å². The van der Waals surface area contributed by atoms with Crippen LogP contribution in [0.3, 0.4) is 0 Å². The fourth-order valence-electron chi connectivity index (χ4n) is 0.647. The molecule has 0 aliphatic heterocycles. The van der Waals surface area contributed by atoms with Crippen LogP contribution in [0.1, 0.15) is 5.56 Å². The smallest absolute Gasteiger partial charge is 0.0175 e. The normalized spacial score (nSPS) is 10.6. The molecule has 0 aliphatic rings. The summed E-state index contributed by atoms with van der Waals surface area (Å²) in [5.74, 6) is 0. The van der Waals surface area contributed by atoms with E-state index in [0.29, 0.717) is 0 Å². The Hall–Kier alpha value is -0.0800. The SMILES string of the molecule is Br/C=C/c1ccc(Br)cc1. The van der Waals surface area contributed by atoms with Crippen LogP contribution < -0.4 is 0 Å². The third kappa shape index (κ3) is 2.27. The van der Waals surface area contributed by atoms with Gasteiger partial charge in [0.2, 0.25) is 0 Å². The Morgan fingerprint density at radius 2 is 1.70 bits per heavy atom. The van der Waals surface area contributed by atoms with Crippen LogP contribution in [0.15, 0.2) is 33.7 Å². The van der Waals surface area contributed by atoms with Gasteiger partial charge in [-0.2, -0.15) is 0 Å². The molecule has 1 aromatic carbocycles. The van der Waals surface area contributed by atoms with E-state index in [4.69, 9.17) is 0 Å². The molecule has 52 valence electrons. The van der Waals surface area contributed by atoms with Crippen molar-refractivity contribution in [2.75, 3.05) is 0 Å². The molecular weight excluding hydrogens is 256 g/mol. The second kappa shape index (κ2) is 3.94. The molecule has 0 aliphatic carbocycles. The molecular formula is C8H6Br2. The molecule has 0 aromatic heterocycles. The maximum Gasteiger partial charge on any atom is 0.0175 e. The van der Waals surface area contributed by atoms with E-state index in [0.717, 1.165) is 4.47 Å². The average molecular weight is 262 g/mol. The third-order valence-corrected chi connectivity index (χ3v) is 1.92. The highest BCUT2D eigenvalue weighted by atomic mass is 79.9. The molecule has 0 bridgehead atoms. The van der Waals surface area contributed by atoms with Gasteiger partial charge in [0.25, 0.3) is 0 Å². The quantitative estimate of drug-likeness (QED) is 0.721. The molecule has 1 rings (SSSR count). The van der Waals surface area contributed by atoms with Crippen molar-refractivity contribution in [3.05, 3.63) is 39.3 Å². The van der Waals surface area contributed by atoms with Gasteiger partial charge in [0.1, 0.15) is 0 Å². The maximum absolute atomic E-state index is 3.36. The zero-order valence-electron chi connectivity index (χ0n) is 5.22. The summed E-state index contributed by atoms with van der Waals surface area (Å²) in [6.45, 7) is 0. The number of halogens is 2. The van der Waals surface area contributed by atoms with Gasteiger partial charge < -0.3 is 0 Å². The number of benzene rings is 1. The Labute approximate surface area is 77.2 Å². The van der Waals surface area contributed by atoms with Crippen molar-refractivity contribution in [3.63, 3.8) is 0 Å². The van der Waals surface area contributed by atoms with E-state index in [9.17, 15) is 0 Å². The van der Waals surface area contributed by atoms with Crippen molar-refractivity contribution >= 4 is 37.9 Å².